The maximum Gasteiger partial charge on any atom is 0.437 e. The molecule has 1 aliphatic rings. The minimum atomic E-state index is -4.71. The predicted octanol–water partition coefficient (Wildman–Crippen LogP) is 7.81. The number of halogens is 3. The Hall–Kier alpha value is -3.88. The number of amides is 2. The van der Waals surface area contributed by atoms with Crippen molar-refractivity contribution in [1.29, 1.82) is 0 Å². The first kappa shape index (κ1) is 38.6. The number of aromatic nitrogens is 2. The van der Waals surface area contributed by atoms with Crippen LogP contribution in [0.4, 0.5) is 22.8 Å². The maximum atomic E-state index is 14.1. The second-order valence-electron chi connectivity index (χ2n) is 13.7. The molecule has 2 atom stereocenters. The molecule has 0 spiro atoms. The number of nitrogens with one attached hydrogen (secondary N) is 1. The second-order valence-corrected chi connectivity index (χ2v) is 13.7. The number of unbranched alkanes of at least 4 members (excludes halogenated alkanes) is 6. The first-order valence-electron chi connectivity index (χ1n) is 16.3. The van der Waals surface area contributed by atoms with E-state index in [4.69, 9.17) is 18.7 Å². The summed E-state index contributed by atoms with van der Waals surface area (Å²) in [5.74, 6) is -0.944. The van der Waals surface area contributed by atoms with Gasteiger partial charge in [-0.2, -0.15) is 18.2 Å². The van der Waals surface area contributed by atoms with E-state index in [9.17, 15) is 27.9 Å². The minimum absolute atomic E-state index is 0.00848. The van der Waals surface area contributed by atoms with E-state index in [1.165, 1.54) is 23.5 Å². The lowest BCUT2D eigenvalue weighted by molar-refractivity contribution is -0.138. The molecule has 1 unspecified atom stereocenters. The second kappa shape index (κ2) is 16.5. The van der Waals surface area contributed by atoms with Crippen molar-refractivity contribution >= 4 is 18.1 Å². The van der Waals surface area contributed by atoms with Gasteiger partial charge in [0.15, 0.2) is 0 Å². The number of alkyl halides is 3. The molecule has 0 saturated carbocycles. The van der Waals surface area contributed by atoms with Gasteiger partial charge < -0.3 is 28.7 Å². The Morgan fingerprint density at radius 3 is 2.29 bits per heavy atom. The van der Waals surface area contributed by atoms with E-state index in [1.54, 1.807) is 41.5 Å². The van der Waals surface area contributed by atoms with Crippen molar-refractivity contribution in [3.05, 3.63) is 29.7 Å². The molecule has 268 valence electrons. The summed E-state index contributed by atoms with van der Waals surface area (Å²) in [5, 5.41) is 17.2. The first-order chi connectivity index (χ1) is 22.4. The predicted molar refractivity (Wildman–Crippen MR) is 171 cm³/mol. The molecule has 1 aromatic carbocycles. The van der Waals surface area contributed by atoms with Gasteiger partial charge in [0, 0.05) is 12.1 Å². The summed E-state index contributed by atoms with van der Waals surface area (Å²) in [6.07, 6.45) is -0.558. The summed E-state index contributed by atoms with van der Waals surface area (Å²) in [6, 6.07) is 2.39. The summed E-state index contributed by atoms with van der Waals surface area (Å²) in [4.78, 5) is 34.9. The number of likely N-dealkylation sites (tertiary alicyclic amines) is 1. The van der Waals surface area contributed by atoms with E-state index >= 15 is 0 Å². The number of aliphatic imine (C=N–C) groups is 1. The number of ether oxygens (including phenoxy) is 3. The number of nitrogens with zero attached hydrogens (tertiary/aromatic N) is 4. The Kier molecular flexibility index (Phi) is 13.2. The van der Waals surface area contributed by atoms with Crippen molar-refractivity contribution in [1.82, 2.24) is 20.4 Å². The fraction of sp³-hybridized carbons (Fsp3) is 0.667. The number of rotatable bonds is 11. The van der Waals surface area contributed by atoms with E-state index in [-0.39, 0.29) is 48.6 Å². The minimum Gasteiger partial charge on any atom is -0.493 e. The van der Waals surface area contributed by atoms with Crippen LogP contribution in [0.15, 0.2) is 27.7 Å². The van der Waals surface area contributed by atoms with Gasteiger partial charge >= 0.3 is 18.4 Å². The molecule has 48 heavy (non-hydrogen) atoms. The molecule has 0 aliphatic carbocycles. The number of benzene rings is 1. The van der Waals surface area contributed by atoms with Gasteiger partial charge in [0.05, 0.1) is 18.3 Å². The molecule has 2 heterocycles. The zero-order valence-electron chi connectivity index (χ0n) is 28.8. The van der Waals surface area contributed by atoms with E-state index in [1.807, 2.05) is 0 Å². The molecule has 1 aromatic heterocycles. The van der Waals surface area contributed by atoms with E-state index < -0.39 is 47.3 Å². The number of aliphatic hydroxyl groups is 1. The highest BCUT2D eigenvalue weighted by molar-refractivity contribution is 5.99. The van der Waals surface area contributed by atoms with Crippen molar-refractivity contribution < 1.29 is 46.6 Å². The zero-order chi connectivity index (χ0) is 35.7. The Morgan fingerprint density at radius 2 is 1.67 bits per heavy atom. The number of hydrogen-bond donors (Lipinski definition) is 2. The van der Waals surface area contributed by atoms with Crippen LogP contribution in [0.2, 0.25) is 0 Å². The van der Waals surface area contributed by atoms with Crippen LogP contribution in [-0.4, -0.2) is 68.8 Å². The highest BCUT2D eigenvalue weighted by atomic mass is 19.4. The summed E-state index contributed by atoms with van der Waals surface area (Å²) < 4.78 is 63.8. The van der Waals surface area contributed by atoms with Crippen LogP contribution in [0, 0.1) is 0 Å². The Balaban J connectivity index is 1.84. The van der Waals surface area contributed by atoms with Gasteiger partial charge in [-0.05, 0) is 72.6 Å². The molecule has 0 bridgehead atoms. The SMILES string of the molecule is CCCCCCCCCOc1ccc(-c2noc(C3[C@@H](O)CCN3/C(=N/C(=O)OC(C)(C)C)NC(=O)OC(C)(C)C)n2)cc1C(F)(F)F. The summed E-state index contributed by atoms with van der Waals surface area (Å²) in [6.45, 7) is 12.3. The van der Waals surface area contributed by atoms with Gasteiger partial charge in [0.2, 0.25) is 11.8 Å². The van der Waals surface area contributed by atoms with Crippen molar-refractivity contribution in [2.24, 2.45) is 4.99 Å². The summed E-state index contributed by atoms with van der Waals surface area (Å²) in [5.41, 5.74) is -2.75. The quantitative estimate of drug-likeness (QED) is 0.136. The molecule has 2 amide bonds. The third-order valence-corrected chi connectivity index (χ3v) is 7.08. The van der Waals surface area contributed by atoms with E-state index in [2.05, 4.69) is 27.4 Å². The summed E-state index contributed by atoms with van der Waals surface area (Å²) >= 11 is 0. The molecule has 2 aromatic rings. The van der Waals surface area contributed by atoms with Crippen molar-refractivity contribution in [2.75, 3.05) is 13.2 Å². The standard InChI is InChI=1S/C33H48F3N5O7/c1-8-9-10-11-12-13-14-19-45-24-16-15-21(20-22(24)33(34,35)36)26-37-27(48-40-26)25-23(42)17-18-41(25)28(38-29(43)46-31(2,3)4)39-30(44)47-32(5,6)7/h15-16,20,23,25,42H,8-14,17-19H2,1-7H3,(H,38,39,43,44)/t23-,25?/m0/s1. The van der Waals surface area contributed by atoms with Gasteiger partial charge in [-0.3, -0.25) is 5.32 Å². The zero-order valence-corrected chi connectivity index (χ0v) is 28.8. The number of carbonyl (C=O) groups excluding carboxylic acids is 2. The average Bonchev–Trinajstić information content (AvgIpc) is 3.58. The number of alkyl carbamates (subject to hydrolysis) is 1. The van der Waals surface area contributed by atoms with Gasteiger partial charge in [0.1, 0.15) is 23.0 Å². The van der Waals surface area contributed by atoms with E-state index in [0.717, 1.165) is 38.2 Å². The number of hydrogen-bond acceptors (Lipinski definition) is 9. The van der Waals surface area contributed by atoms with Crippen LogP contribution in [0.1, 0.15) is 117 Å². The normalized spacial score (nSPS) is 17.4. The van der Waals surface area contributed by atoms with Crippen molar-refractivity contribution in [3.63, 3.8) is 0 Å². The number of aliphatic hydroxyl groups excluding tert-OH is 1. The van der Waals surface area contributed by atoms with Crippen molar-refractivity contribution in [3.8, 4) is 17.1 Å². The fourth-order valence-electron chi connectivity index (χ4n) is 4.97. The lowest BCUT2D eigenvalue weighted by Crippen LogP contribution is -2.47. The highest BCUT2D eigenvalue weighted by Gasteiger charge is 2.42. The Labute approximate surface area is 279 Å². The Bertz CT molecular complexity index is 1400. The largest absolute Gasteiger partial charge is 0.493 e. The maximum absolute atomic E-state index is 14.1. The number of guanidine groups is 1. The van der Waals surface area contributed by atoms with E-state index in [0.29, 0.717) is 6.42 Å². The third-order valence-electron chi connectivity index (χ3n) is 7.08. The van der Waals surface area contributed by atoms with Crippen LogP contribution in [-0.2, 0) is 15.7 Å². The molecule has 3 rings (SSSR count). The van der Waals surface area contributed by atoms with Gasteiger partial charge in [-0.1, -0.05) is 50.6 Å². The van der Waals surface area contributed by atoms with Crippen LogP contribution in [0.3, 0.4) is 0 Å². The number of carbonyl (C=O) groups is 2. The molecule has 1 saturated heterocycles. The molecule has 12 nitrogen and oxygen atoms in total. The topological polar surface area (TPSA) is 149 Å². The molecular formula is C33H48F3N5O7. The lowest BCUT2D eigenvalue weighted by atomic mass is 10.1. The van der Waals surface area contributed by atoms with Crippen LogP contribution in [0.5, 0.6) is 5.75 Å². The first-order valence-corrected chi connectivity index (χ1v) is 16.3. The molecule has 2 N–H and O–H groups in total. The average molecular weight is 684 g/mol. The van der Waals surface area contributed by atoms with Crippen LogP contribution in [0.25, 0.3) is 11.4 Å². The molecular weight excluding hydrogens is 635 g/mol. The van der Waals surface area contributed by atoms with Crippen molar-refractivity contribution in [2.45, 2.75) is 129 Å². The molecule has 1 fully saturated rings. The van der Waals surface area contributed by atoms with Crippen LogP contribution < -0.4 is 10.1 Å². The highest BCUT2D eigenvalue weighted by Crippen LogP contribution is 2.39. The fourth-order valence-corrected chi connectivity index (χ4v) is 4.97. The van der Waals surface area contributed by atoms with Gasteiger partial charge in [-0.15, -0.1) is 4.99 Å². The van der Waals surface area contributed by atoms with Crippen LogP contribution >= 0.6 is 0 Å². The molecule has 0 radical (unpaired) electrons. The monoisotopic (exact) mass is 683 g/mol. The lowest BCUT2D eigenvalue weighted by Gasteiger charge is -2.28. The van der Waals surface area contributed by atoms with Gasteiger partial charge in [0.25, 0.3) is 5.89 Å². The summed E-state index contributed by atoms with van der Waals surface area (Å²) in [7, 11) is 0. The molecule has 15 heteroatoms. The molecule has 1 aliphatic heterocycles. The van der Waals surface area contributed by atoms with Gasteiger partial charge in [-0.25, -0.2) is 9.59 Å². The smallest absolute Gasteiger partial charge is 0.437 e. The third kappa shape index (κ3) is 12.0. The Morgan fingerprint density at radius 1 is 1.02 bits per heavy atom.